The summed E-state index contributed by atoms with van der Waals surface area (Å²) in [7, 11) is 1.92. The number of benzene rings is 2. The van der Waals surface area contributed by atoms with Crippen LogP contribution in [0.15, 0.2) is 77.0 Å². The van der Waals surface area contributed by atoms with E-state index in [1.165, 1.54) is 11.2 Å². The second kappa shape index (κ2) is 7.81. The quantitative estimate of drug-likeness (QED) is 0.275. The number of Topliss-reactive ketones (excluding diaryl/α,β-unsaturated/α-hetero) is 1. The topological polar surface area (TPSA) is 75.7 Å². The molecule has 0 spiro atoms. The van der Waals surface area contributed by atoms with E-state index < -0.39 is 17.7 Å². The Morgan fingerprint density at radius 3 is 2.55 bits per heavy atom. The Kier molecular flexibility index (Phi) is 4.93. The van der Waals surface area contributed by atoms with Crippen LogP contribution in [0.25, 0.3) is 16.7 Å². The van der Waals surface area contributed by atoms with Gasteiger partial charge in [-0.2, -0.15) is 0 Å². The number of hydrogen-bond donors (Lipinski definition) is 1. The van der Waals surface area contributed by atoms with Gasteiger partial charge < -0.3 is 19.0 Å². The summed E-state index contributed by atoms with van der Waals surface area (Å²) < 4.78 is 7.44. The average molecular weight is 440 g/mol. The number of carbonyl (C=O) groups is 2. The number of para-hydroxylation sites is 1. The Morgan fingerprint density at radius 2 is 1.82 bits per heavy atom. The minimum Gasteiger partial charge on any atom is -0.507 e. The number of aromatic nitrogens is 1. The summed E-state index contributed by atoms with van der Waals surface area (Å²) in [6, 6.07) is 16.1. The summed E-state index contributed by atoms with van der Waals surface area (Å²) in [5.41, 5.74) is 4.43. The van der Waals surface area contributed by atoms with E-state index in [4.69, 9.17) is 4.42 Å². The van der Waals surface area contributed by atoms with Crippen LogP contribution < -0.4 is 0 Å². The lowest BCUT2D eigenvalue weighted by atomic mass is 9.94. The van der Waals surface area contributed by atoms with Crippen LogP contribution in [0.4, 0.5) is 0 Å². The van der Waals surface area contributed by atoms with E-state index in [1.54, 1.807) is 18.2 Å². The number of nitrogens with zero attached hydrogens (tertiary/aromatic N) is 2. The van der Waals surface area contributed by atoms with Crippen molar-refractivity contribution in [1.82, 2.24) is 9.47 Å². The fourth-order valence-corrected chi connectivity index (χ4v) is 4.57. The van der Waals surface area contributed by atoms with Gasteiger partial charge in [-0.1, -0.05) is 30.3 Å². The highest BCUT2D eigenvalue weighted by Crippen LogP contribution is 2.43. The van der Waals surface area contributed by atoms with E-state index in [0.717, 1.165) is 27.6 Å². The number of aliphatic hydroxyl groups excluding tert-OH is 1. The van der Waals surface area contributed by atoms with Gasteiger partial charge in [0, 0.05) is 35.3 Å². The minimum absolute atomic E-state index is 0.0890. The Labute approximate surface area is 191 Å². The summed E-state index contributed by atoms with van der Waals surface area (Å²) in [5.74, 6) is -0.963. The number of fused-ring (bicyclic) bond motifs is 1. The predicted octanol–water partition coefficient (Wildman–Crippen LogP) is 5.01. The van der Waals surface area contributed by atoms with Gasteiger partial charge in [0.2, 0.25) is 0 Å². The van der Waals surface area contributed by atoms with Crippen molar-refractivity contribution in [1.29, 1.82) is 0 Å². The normalized spacial score (nSPS) is 17.9. The molecule has 5 rings (SSSR count). The Morgan fingerprint density at radius 1 is 1.03 bits per heavy atom. The zero-order valence-electron chi connectivity index (χ0n) is 18.7. The molecule has 1 saturated heterocycles. The number of amides is 1. The Hall–Kier alpha value is -4.06. The van der Waals surface area contributed by atoms with E-state index in [1.807, 2.05) is 68.1 Å². The van der Waals surface area contributed by atoms with Gasteiger partial charge >= 0.3 is 0 Å². The van der Waals surface area contributed by atoms with Crippen molar-refractivity contribution >= 4 is 28.4 Å². The summed E-state index contributed by atoms with van der Waals surface area (Å²) in [6.45, 7) is 4.05. The van der Waals surface area contributed by atoms with E-state index in [-0.39, 0.29) is 17.9 Å². The van der Waals surface area contributed by atoms with E-state index in [9.17, 15) is 14.7 Å². The van der Waals surface area contributed by atoms with Crippen molar-refractivity contribution in [3.63, 3.8) is 0 Å². The Bertz CT molecular complexity index is 1430. The molecule has 6 heteroatoms. The number of ketones is 1. The predicted molar refractivity (Wildman–Crippen MR) is 125 cm³/mol. The first-order valence-corrected chi connectivity index (χ1v) is 10.8. The third-order valence-corrected chi connectivity index (χ3v) is 6.45. The molecule has 1 unspecified atom stereocenters. The highest BCUT2D eigenvalue weighted by molar-refractivity contribution is 6.46. The van der Waals surface area contributed by atoms with Crippen molar-refractivity contribution in [2.24, 2.45) is 7.05 Å². The SMILES string of the molecule is Cc1ccc(/C(O)=C2\C(=O)C(=O)N(Cc3ccco3)C2c2cn(C)c3ccccc23)cc1C. The van der Waals surface area contributed by atoms with Gasteiger partial charge in [-0.15, -0.1) is 0 Å². The van der Waals surface area contributed by atoms with Crippen molar-refractivity contribution in [2.45, 2.75) is 26.4 Å². The first-order chi connectivity index (χ1) is 15.9. The molecule has 3 heterocycles. The molecule has 1 amide bonds. The van der Waals surface area contributed by atoms with Crippen molar-refractivity contribution in [2.75, 3.05) is 0 Å². The molecule has 1 aliphatic heterocycles. The monoisotopic (exact) mass is 440 g/mol. The standard InChI is InChI=1S/C27H24N2O4/c1-16-10-11-18(13-17(16)2)25(30)23-24(21-15-28(3)22-9-5-4-8-20(21)22)29(27(32)26(23)31)14-19-7-6-12-33-19/h4-13,15,24,30H,14H2,1-3H3/b25-23+. The second-order valence-electron chi connectivity index (χ2n) is 8.52. The van der Waals surface area contributed by atoms with Gasteiger partial charge in [0.05, 0.1) is 24.4 Å². The molecular formula is C27H24N2O4. The molecule has 2 aromatic carbocycles. The number of rotatable bonds is 4. The summed E-state index contributed by atoms with van der Waals surface area (Å²) in [6.07, 6.45) is 3.46. The maximum atomic E-state index is 13.3. The number of hydrogen-bond acceptors (Lipinski definition) is 4. The van der Waals surface area contributed by atoms with Crippen molar-refractivity contribution in [3.8, 4) is 0 Å². The molecule has 1 fully saturated rings. The number of carbonyl (C=O) groups excluding carboxylic acids is 2. The summed E-state index contributed by atoms with van der Waals surface area (Å²) >= 11 is 0. The van der Waals surface area contributed by atoms with E-state index >= 15 is 0 Å². The smallest absolute Gasteiger partial charge is 0.296 e. The summed E-state index contributed by atoms with van der Waals surface area (Å²) in [5, 5.41) is 12.2. The second-order valence-corrected chi connectivity index (χ2v) is 8.52. The molecule has 2 aromatic heterocycles. The largest absolute Gasteiger partial charge is 0.507 e. The third-order valence-electron chi connectivity index (χ3n) is 6.45. The third kappa shape index (κ3) is 3.35. The van der Waals surface area contributed by atoms with Crippen LogP contribution in [-0.2, 0) is 23.2 Å². The number of aliphatic hydroxyl groups is 1. The molecule has 4 aromatic rings. The van der Waals surface area contributed by atoms with E-state index in [2.05, 4.69) is 0 Å². The minimum atomic E-state index is -0.747. The zero-order chi connectivity index (χ0) is 23.3. The first-order valence-electron chi connectivity index (χ1n) is 10.8. The fourth-order valence-electron chi connectivity index (χ4n) is 4.57. The number of furan rings is 1. The lowest BCUT2D eigenvalue weighted by Gasteiger charge is -2.24. The van der Waals surface area contributed by atoms with Gasteiger partial charge in [0.1, 0.15) is 11.5 Å². The average Bonchev–Trinajstić information content (AvgIpc) is 3.50. The van der Waals surface area contributed by atoms with Crippen LogP contribution in [0.5, 0.6) is 0 Å². The van der Waals surface area contributed by atoms with Gasteiger partial charge in [-0.25, -0.2) is 0 Å². The molecule has 1 atom stereocenters. The number of aryl methyl sites for hydroxylation is 3. The van der Waals surface area contributed by atoms with Crippen LogP contribution in [-0.4, -0.2) is 26.3 Å². The maximum absolute atomic E-state index is 13.3. The lowest BCUT2D eigenvalue weighted by Crippen LogP contribution is -2.29. The van der Waals surface area contributed by atoms with Crippen molar-refractivity contribution in [3.05, 3.63) is 101 Å². The molecular weight excluding hydrogens is 416 g/mol. The molecule has 6 nitrogen and oxygen atoms in total. The molecule has 0 aliphatic carbocycles. The molecule has 1 aliphatic rings. The highest BCUT2D eigenvalue weighted by Gasteiger charge is 2.47. The van der Waals surface area contributed by atoms with Gasteiger partial charge in [0.25, 0.3) is 11.7 Å². The van der Waals surface area contributed by atoms with Gasteiger partial charge in [-0.3, -0.25) is 9.59 Å². The summed E-state index contributed by atoms with van der Waals surface area (Å²) in [4.78, 5) is 28.0. The maximum Gasteiger partial charge on any atom is 0.296 e. The molecule has 0 radical (unpaired) electrons. The van der Waals surface area contributed by atoms with E-state index in [0.29, 0.717) is 11.3 Å². The zero-order valence-corrected chi connectivity index (χ0v) is 18.7. The van der Waals surface area contributed by atoms with Crippen LogP contribution >= 0.6 is 0 Å². The van der Waals surface area contributed by atoms with Crippen LogP contribution in [0.3, 0.4) is 0 Å². The fraction of sp³-hybridized carbons (Fsp3) is 0.185. The van der Waals surface area contributed by atoms with Gasteiger partial charge in [0.15, 0.2) is 0 Å². The van der Waals surface area contributed by atoms with Crippen LogP contribution in [0, 0.1) is 13.8 Å². The lowest BCUT2D eigenvalue weighted by molar-refractivity contribution is -0.140. The molecule has 0 bridgehead atoms. The Balaban J connectivity index is 1.75. The van der Waals surface area contributed by atoms with Crippen LogP contribution in [0.2, 0.25) is 0 Å². The molecule has 0 saturated carbocycles. The number of likely N-dealkylation sites (tertiary alicyclic amines) is 1. The van der Waals surface area contributed by atoms with Gasteiger partial charge in [-0.05, 0) is 49.2 Å². The first kappa shape index (κ1) is 20.8. The molecule has 1 N–H and O–H groups in total. The van der Waals surface area contributed by atoms with Crippen LogP contribution in [0.1, 0.15) is 34.1 Å². The molecule has 166 valence electrons. The highest BCUT2D eigenvalue weighted by atomic mass is 16.3. The van der Waals surface area contributed by atoms with Crippen molar-refractivity contribution < 1.29 is 19.1 Å². The molecule has 33 heavy (non-hydrogen) atoms.